The van der Waals surface area contributed by atoms with E-state index in [9.17, 15) is 13.2 Å². The van der Waals surface area contributed by atoms with Gasteiger partial charge in [0.1, 0.15) is 5.82 Å². The Morgan fingerprint density at radius 1 is 1.31 bits per heavy atom. The molecule has 2 nitrogen and oxygen atoms in total. The zero-order valence-electron chi connectivity index (χ0n) is 7.39. The number of hydrogen-bond donors (Lipinski definition) is 1. The predicted molar refractivity (Wildman–Crippen MR) is 45.0 cm³/mol. The number of anilines is 1. The smallest absolute Gasteiger partial charge is 0.384 e. The summed E-state index contributed by atoms with van der Waals surface area (Å²) >= 11 is 0. The van der Waals surface area contributed by atoms with Gasteiger partial charge in [-0.15, -0.1) is 0 Å². The van der Waals surface area contributed by atoms with Crippen LogP contribution in [0.25, 0.3) is 0 Å². The Labute approximate surface area is 74.6 Å². The Hall–Kier alpha value is -1.26. The van der Waals surface area contributed by atoms with E-state index < -0.39 is 11.7 Å². The molecule has 1 aromatic rings. The molecule has 0 atom stereocenters. The zero-order chi connectivity index (χ0) is 10.5. The van der Waals surface area contributed by atoms with Crippen molar-refractivity contribution in [2.24, 2.45) is 0 Å². The fourth-order valence-electron chi connectivity index (χ4n) is 0.625. The van der Waals surface area contributed by atoms with Crippen LogP contribution in [0.2, 0.25) is 0 Å². The van der Waals surface area contributed by atoms with Gasteiger partial charge in [0.05, 0.1) is 5.56 Å². The topological polar surface area (TPSA) is 38.9 Å². The molecule has 0 fully saturated rings. The summed E-state index contributed by atoms with van der Waals surface area (Å²) in [6.45, 7) is 4.00. The Balaban J connectivity index is 0.000000671. The number of alkyl halides is 3. The third-order valence-electron chi connectivity index (χ3n) is 1.11. The summed E-state index contributed by atoms with van der Waals surface area (Å²) < 4.78 is 35.7. The van der Waals surface area contributed by atoms with E-state index in [2.05, 4.69) is 4.98 Å². The molecule has 1 aromatic heterocycles. The molecule has 0 aliphatic carbocycles. The van der Waals surface area contributed by atoms with E-state index in [-0.39, 0.29) is 5.82 Å². The van der Waals surface area contributed by atoms with Gasteiger partial charge in [-0.3, -0.25) is 0 Å². The molecule has 0 unspecified atom stereocenters. The quantitative estimate of drug-likeness (QED) is 0.686. The first kappa shape index (κ1) is 11.7. The summed E-state index contributed by atoms with van der Waals surface area (Å²) in [5, 5.41) is 0. The van der Waals surface area contributed by atoms with Crippen LogP contribution in [0.1, 0.15) is 19.4 Å². The molecule has 1 rings (SSSR count). The number of nitrogens with zero attached hydrogens (tertiary/aromatic N) is 1. The highest BCUT2D eigenvalue weighted by molar-refractivity contribution is 5.33. The molecule has 0 saturated carbocycles. The summed E-state index contributed by atoms with van der Waals surface area (Å²) in [4.78, 5) is 3.43. The van der Waals surface area contributed by atoms with Crippen LogP contribution in [0.4, 0.5) is 19.0 Å². The first-order valence-corrected chi connectivity index (χ1v) is 3.79. The fraction of sp³-hybridized carbons (Fsp3) is 0.375. The molecule has 2 N–H and O–H groups in total. The van der Waals surface area contributed by atoms with Gasteiger partial charge in [0.15, 0.2) is 0 Å². The second kappa shape index (κ2) is 4.69. The molecule has 0 bridgehead atoms. The summed E-state index contributed by atoms with van der Waals surface area (Å²) in [5.41, 5.74) is 4.27. The molecule has 0 aliphatic rings. The maximum absolute atomic E-state index is 11.9. The van der Waals surface area contributed by atoms with Crippen LogP contribution in [0.5, 0.6) is 0 Å². The number of halogens is 3. The SMILES string of the molecule is CC.Nc1cc(C(F)(F)F)ccn1. The molecule has 74 valence electrons. The molecule has 5 heteroatoms. The van der Waals surface area contributed by atoms with Gasteiger partial charge in [-0.25, -0.2) is 4.98 Å². The van der Waals surface area contributed by atoms with E-state index in [0.717, 1.165) is 18.3 Å². The predicted octanol–water partition coefficient (Wildman–Crippen LogP) is 2.71. The Morgan fingerprint density at radius 3 is 2.15 bits per heavy atom. The molecule has 0 aromatic carbocycles. The number of pyridine rings is 1. The largest absolute Gasteiger partial charge is 0.416 e. The van der Waals surface area contributed by atoms with Crippen LogP contribution < -0.4 is 5.73 Å². The Bertz CT molecular complexity index is 258. The van der Waals surface area contributed by atoms with Gasteiger partial charge < -0.3 is 5.73 Å². The molecule has 1 heterocycles. The van der Waals surface area contributed by atoms with Crippen LogP contribution in [0.15, 0.2) is 18.3 Å². The van der Waals surface area contributed by atoms with Crippen molar-refractivity contribution < 1.29 is 13.2 Å². The average molecular weight is 192 g/mol. The van der Waals surface area contributed by atoms with E-state index >= 15 is 0 Å². The highest BCUT2D eigenvalue weighted by atomic mass is 19.4. The minimum Gasteiger partial charge on any atom is -0.384 e. The molecule has 13 heavy (non-hydrogen) atoms. The van der Waals surface area contributed by atoms with Gasteiger partial charge in [-0.2, -0.15) is 13.2 Å². The molecule has 0 amide bonds. The lowest BCUT2D eigenvalue weighted by atomic mass is 10.2. The van der Waals surface area contributed by atoms with Crippen molar-refractivity contribution in [2.45, 2.75) is 20.0 Å². The van der Waals surface area contributed by atoms with Crippen LogP contribution >= 0.6 is 0 Å². The van der Waals surface area contributed by atoms with Gasteiger partial charge in [-0.1, -0.05) is 13.8 Å². The lowest BCUT2D eigenvalue weighted by Gasteiger charge is -2.05. The normalized spacial score (nSPS) is 10.2. The van der Waals surface area contributed by atoms with Crippen LogP contribution in [0.3, 0.4) is 0 Å². The number of nitrogen functional groups attached to an aromatic ring is 1. The summed E-state index contributed by atoms with van der Waals surface area (Å²) in [5.74, 6) is -0.125. The lowest BCUT2D eigenvalue weighted by molar-refractivity contribution is -0.137. The van der Waals surface area contributed by atoms with E-state index in [1.54, 1.807) is 0 Å². The third kappa shape index (κ3) is 3.78. The monoisotopic (exact) mass is 192 g/mol. The van der Waals surface area contributed by atoms with Crippen molar-refractivity contribution in [3.8, 4) is 0 Å². The van der Waals surface area contributed by atoms with Crippen molar-refractivity contribution in [1.82, 2.24) is 4.98 Å². The molecular weight excluding hydrogens is 181 g/mol. The summed E-state index contributed by atoms with van der Waals surface area (Å²) in [6, 6.07) is 1.66. The fourth-order valence-corrected chi connectivity index (χ4v) is 0.625. The summed E-state index contributed by atoms with van der Waals surface area (Å²) in [7, 11) is 0. The van der Waals surface area contributed by atoms with Gasteiger partial charge in [0, 0.05) is 6.20 Å². The van der Waals surface area contributed by atoms with Crippen molar-refractivity contribution >= 4 is 5.82 Å². The minimum atomic E-state index is -4.34. The van der Waals surface area contributed by atoms with Crippen LogP contribution in [-0.4, -0.2) is 4.98 Å². The third-order valence-corrected chi connectivity index (χ3v) is 1.11. The van der Waals surface area contributed by atoms with Crippen molar-refractivity contribution in [1.29, 1.82) is 0 Å². The standard InChI is InChI=1S/C6H5F3N2.C2H6/c7-6(8,9)4-1-2-11-5(10)3-4;1-2/h1-3H,(H2,10,11);1-2H3. The number of aromatic nitrogens is 1. The average Bonchev–Trinajstić information content (AvgIpc) is 2.06. The van der Waals surface area contributed by atoms with E-state index in [0.29, 0.717) is 0 Å². The van der Waals surface area contributed by atoms with Crippen LogP contribution in [0, 0.1) is 0 Å². The first-order chi connectivity index (χ1) is 6.00. The molecular formula is C8H11F3N2. The maximum atomic E-state index is 11.9. The number of nitrogens with two attached hydrogens (primary N) is 1. The van der Waals surface area contributed by atoms with E-state index in [1.807, 2.05) is 13.8 Å². The van der Waals surface area contributed by atoms with Gasteiger partial charge >= 0.3 is 6.18 Å². The minimum absolute atomic E-state index is 0.125. The number of hydrogen-bond acceptors (Lipinski definition) is 2. The van der Waals surface area contributed by atoms with E-state index in [4.69, 9.17) is 5.73 Å². The van der Waals surface area contributed by atoms with Gasteiger partial charge in [0.25, 0.3) is 0 Å². The highest BCUT2D eigenvalue weighted by Gasteiger charge is 2.30. The van der Waals surface area contributed by atoms with Crippen LogP contribution in [-0.2, 0) is 6.18 Å². The zero-order valence-corrected chi connectivity index (χ0v) is 7.39. The second-order valence-electron chi connectivity index (χ2n) is 1.97. The highest BCUT2D eigenvalue weighted by Crippen LogP contribution is 2.29. The van der Waals surface area contributed by atoms with Gasteiger partial charge in [0.2, 0.25) is 0 Å². The van der Waals surface area contributed by atoms with Crippen molar-refractivity contribution in [3.05, 3.63) is 23.9 Å². The lowest BCUT2D eigenvalue weighted by Crippen LogP contribution is -2.05. The Morgan fingerprint density at radius 2 is 1.85 bits per heavy atom. The molecule has 0 saturated heterocycles. The van der Waals surface area contributed by atoms with Gasteiger partial charge in [-0.05, 0) is 12.1 Å². The first-order valence-electron chi connectivity index (χ1n) is 3.79. The van der Waals surface area contributed by atoms with E-state index in [1.165, 1.54) is 0 Å². The Kier molecular flexibility index (Phi) is 4.23. The molecule has 0 radical (unpaired) electrons. The maximum Gasteiger partial charge on any atom is 0.416 e. The molecule has 0 spiro atoms. The van der Waals surface area contributed by atoms with Crippen molar-refractivity contribution in [3.63, 3.8) is 0 Å². The van der Waals surface area contributed by atoms with Crippen molar-refractivity contribution in [2.75, 3.05) is 5.73 Å². The second-order valence-corrected chi connectivity index (χ2v) is 1.97. The summed E-state index contributed by atoms with van der Waals surface area (Å²) in [6.07, 6.45) is -3.31. The number of rotatable bonds is 0. The molecule has 0 aliphatic heterocycles.